The molecule has 0 N–H and O–H groups in total. The Bertz CT molecular complexity index is 1030. The number of hydrogen-bond acceptors (Lipinski definition) is 6. The van der Waals surface area contributed by atoms with E-state index in [-0.39, 0.29) is 5.91 Å². The zero-order chi connectivity index (χ0) is 22.3. The van der Waals surface area contributed by atoms with E-state index >= 15 is 0 Å². The molecule has 0 atom stereocenters. The molecule has 1 amide bonds. The van der Waals surface area contributed by atoms with Crippen LogP contribution in [0.25, 0.3) is 11.3 Å². The molecule has 0 radical (unpaired) electrons. The Morgan fingerprint density at radius 2 is 1.84 bits per heavy atom. The molecule has 3 aromatic rings. The van der Waals surface area contributed by atoms with E-state index < -0.39 is 0 Å². The third kappa shape index (κ3) is 5.00. The molecule has 2 heterocycles. The Morgan fingerprint density at radius 3 is 2.56 bits per heavy atom. The Kier molecular flexibility index (Phi) is 7.50. The van der Waals surface area contributed by atoms with Crippen LogP contribution in [0.1, 0.15) is 21.5 Å². The summed E-state index contributed by atoms with van der Waals surface area (Å²) in [6, 6.07) is 17.7. The maximum Gasteiger partial charge on any atom is 0.254 e. The van der Waals surface area contributed by atoms with Crippen LogP contribution in [0.5, 0.6) is 0 Å². The maximum atomic E-state index is 13.5. The van der Waals surface area contributed by atoms with Crippen molar-refractivity contribution in [3.8, 4) is 11.3 Å². The third-order valence-electron chi connectivity index (χ3n) is 5.69. The van der Waals surface area contributed by atoms with Crippen LogP contribution in [0.2, 0.25) is 0 Å². The monoisotopic (exact) mass is 451 g/mol. The Morgan fingerprint density at radius 1 is 1.12 bits per heavy atom. The molecule has 1 saturated heterocycles. The van der Waals surface area contributed by atoms with Crippen molar-refractivity contribution in [3.63, 3.8) is 0 Å². The first-order valence-electron chi connectivity index (χ1n) is 10.9. The number of nitrogens with zero attached hydrogens (tertiary/aromatic N) is 3. The summed E-state index contributed by atoms with van der Waals surface area (Å²) < 4.78 is 11.2. The zero-order valence-corrected chi connectivity index (χ0v) is 19.4. The predicted octanol–water partition coefficient (Wildman–Crippen LogP) is 4.49. The third-order valence-corrected chi connectivity index (χ3v) is 6.63. The van der Waals surface area contributed by atoms with Gasteiger partial charge in [-0.2, -0.15) is 11.8 Å². The van der Waals surface area contributed by atoms with Gasteiger partial charge in [-0.15, -0.1) is 0 Å². The van der Waals surface area contributed by atoms with Gasteiger partial charge in [0, 0.05) is 49.4 Å². The lowest BCUT2D eigenvalue weighted by atomic mass is 10.0. The molecule has 0 bridgehead atoms. The second-order valence-electron chi connectivity index (χ2n) is 7.81. The van der Waals surface area contributed by atoms with E-state index in [1.165, 1.54) is 0 Å². The van der Waals surface area contributed by atoms with Crippen LogP contribution in [0.3, 0.4) is 0 Å². The van der Waals surface area contributed by atoms with Gasteiger partial charge in [-0.1, -0.05) is 53.7 Å². The molecular formula is C25H29N3O3S. The maximum absolute atomic E-state index is 13.5. The SMILES string of the molecule is COCCN(Cc1c(-c2ccccc2)noc1N1CCSCC1)C(=O)c1ccccc1C. The highest BCUT2D eigenvalue weighted by molar-refractivity contribution is 7.99. The van der Waals surface area contributed by atoms with Crippen molar-refractivity contribution in [3.05, 3.63) is 71.3 Å². The van der Waals surface area contributed by atoms with Crippen LogP contribution >= 0.6 is 11.8 Å². The molecule has 1 aliphatic heterocycles. The molecule has 6 nitrogen and oxygen atoms in total. The van der Waals surface area contributed by atoms with Gasteiger partial charge >= 0.3 is 0 Å². The number of aromatic nitrogens is 1. The van der Waals surface area contributed by atoms with Crippen molar-refractivity contribution in [2.45, 2.75) is 13.5 Å². The van der Waals surface area contributed by atoms with Gasteiger partial charge in [-0.3, -0.25) is 4.79 Å². The van der Waals surface area contributed by atoms with Crippen molar-refractivity contribution in [2.75, 3.05) is 49.8 Å². The minimum atomic E-state index is -0.0134. The molecule has 168 valence electrons. The topological polar surface area (TPSA) is 58.8 Å². The first-order valence-corrected chi connectivity index (χ1v) is 12.0. The standard InChI is InChI=1S/C25H29N3O3S/c1-19-8-6-7-11-21(19)24(29)28(12-15-30-2)18-22-23(20-9-4-3-5-10-20)26-31-25(22)27-13-16-32-17-14-27/h3-11H,12-18H2,1-2H3. The van der Waals surface area contributed by atoms with Crippen molar-refractivity contribution in [1.82, 2.24) is 10.1 Å². The van der Waals surface area contributed by atoms with Crippen LogP contribution in [-0.2, 0) is 11.3 Å². The quantitative estimate of drug-likeness (QED) is 0.503. The summed E-state index contributed by atoms with van der Waals surface area (Å²) in [6.07, 6.45) is 0. The molecule has 7 heteroatoms. The van der Waals surface area contributed by atoms with E-state index in [1.807, 2.05) is 78.2 Å². The number of carbonyl (C=O) groups is 1. The molecule has 1 aromatic heterocycles. The second-order valence-corrected chi connectivity index (χ2v) is 9.04. The highest BCUT2D eigenvalue weighted by Gasteiger charge is 2.27. The van der Waals surface area contributed by atoms with Gasteiger partial charge in [0.25, 0.3) is 5.91 Å². The molecule has 0 saturated carbocycles. The van der Waals surface area contributed by atoms with Crippen molar-refractivity contribution in [2.24, 2.45) is 0 Å². The van der Waals surface area contributed by atoms with Gasteiger partial charge in [0.15, 0.2) is 0 Å². The summed E-state index contributed by atoms with van der Waals surface area (Å²) in [5.41, 5.74) is 4.39. The largest absolute Gasteiger partial charge is 0.383 e. The summed E-state index contributed by atoms with van der Waals surface area (Å²) in [5.74, 6) is 2.86. The zero-order valence-electron chi connectivity index (χ0n) is 18.6. The molecule has 4 rings (SSSR count). The first kappa shape index (κ1) is 22.4. The van der Waals surface area contributed by atoms with E-state index in [4.69, 9.17) is 9.26 Å². The Hall–Kier alpha value is -2.77. The molecule has 32 heavy (non-hydrogen) atoms. The fourth-order valence-corrected chi connectivity index (χ4v) is 4.81. The highest BCUT2D eigenvalue weighted by atomic mass is 32.2. The summed E-state index contributed by atoms with van der Waals surface area (Å²) in [6.45, 7) is 5.13. The van der Waals surface area contributed by atoms with Crippen molar-refractivity contribution >= 4 is 23.6 Å². The van der Waals surface area contributed by atoms with E-state index in [0.717, 1.165) is 52.9 Å². The first-order chi connectivity index (χ1) is 15.7. The van der Waals surface area contributed by atoms with Gasteiger partial charge in [-0.25, -0.2) is 0 Å². The van der Waals surface area contributed by atoms with Crippen LogP contribution < -0.4 is 4.90 Å². The summed E-state index contributed by atoms with van der Waals surface area (Å²) >= 11 is 1.95. The van der Waals surface area contributed by atoms with Crippen molar-refractivity contribution < 1.29 is 14.1 Å². The van der Waals surface area contributed by atoms with Crippen LogP contribution in [-0.4, -0.2) is 60.8 Å². The molecule has 0 spiro atoms. The van der Waals surface area contributed by atoms with E-state index in [2.05, 4.69) is 10.1 Å². The highest BCUT2D eigenvalue weighted by Crippen LogP contribution is 2.34. The molecule has 1 aliphatic rings. The number of carbonyl (C=O) groups excluding carboxylic acids is 1. The Labute approximate surface area is 193 Å². The van der Waals surface area contributed by atoms with Gasteiger partial charge in [0.1, 0.15) is 5.69 Å². The van der Waals surface area contributed by atoms with Gasteiger partial charge < -0.3 is 19.1 Å². The Balaban J connectivity index is 1.72. The smallest absolute Gasteiger partial charge is 0.254 e. The summed E-state index contributed by atoms with van der Waals surface area (Å²) in [4.78, 5) is 17.6. The van der Waals surface area contributed by atoms with Crippen LogP contribution in [0.4, 0.5) is 5.88 Å². The number of ether oxygens (including phenoxy) is 1. The molecule has 0 unspecified atom stereocenters. The van der Waals surface area contributed by atoms with Gasteiger partial charge in [-0.05, 0) is 18.6 Å². The van der Waals surface area contributed by atoms with Crippen LogP contribution in [0.15, 0.2) is 59.1 Å². The molecule has 2 aromatic carbocycles. The average molecular weight is 452 g/mol. The van der Waals surface area contributed by atoms with E-state index in [9.17, 15) is 4.79 Å². The molecule has 0 aliphatic carbocycles. The lowest BCUT2D eigenvalue weighted by Gasteiger charge is -2.28. The minimum Gasteiger partial charge on any atom is -0.383 e. The number of benzene rings is 2. The lowest BCUT2D eigenvalue weighted by molar-refractivity contribution is 0.0680. The summed E-state index contributed by atoms with van der Waals surface area (Å²) in [7, 11) is 1.65. The number of rotatable bonds is 8. The average Bonchev–Trinajstić information content (AvgIpc) is 3.26. The molecular weight excluding hydrogens is 422 g/mol. The van der Waals surface area contributed by atoms with Gasteiger partial charge in [0.05, 0.1) is 18.7 Å². The number of methoxy groups -OCH3 is 1. The summed E-state index contributed by atoms with van der Waals surface area (Å²) in [5, 5.41) is 4.45. The van der Waals surface area contributed by atoms with E-state index in [0.29, 0.717) is 25.3 Å². The lowest BCUT2D eigenvalue weighted by Crippen LogP contribution is -2.36. The predicted molar refractivity (Wildman–Crippen MR) is 129 cm³/mol. The number of hydrogen-bond donors (Lipinski definition) is 0. The fourth-order valence-electron chi connectivity index (χ4n) is 3.91. The number of thioether (sulfide) groups is 1. The number of amides is 1. The second kappa shape index (κ2) is 10.7. The normalized spacial score (nSPS) is 13.9. The fraction of sp³-hybridized carbons (Fsp3) is 0.360. The van der Waals surface area contributed by atoms with Crippen LogP contribution in [0, 0.1) is 6.92 Å². The minimum absolute atomic E-state index is 0.0134. The van der Waals surface area contributed by atoms with Gasteiger partial charge in [0.2, 0.25) is 5.88 Å². The molecule has 1 fully saturated rings. The number of aryl methyl sites for hydroxylation is 1. The van der Waals surface area contributed by atoms with E-state index in [1.54, 1.807) is 7.11 Å². The number of anilines is 1. The van der Waals surface area contributed by atoms with Crippen molar-refractivity contribution in [1.29, 1.82) is 0 Å².